The summed E-state index contributed by atoms with van der Waals surface area (Å²) in [6.45, 7) is 1.68. The zero-order chi connectivity index (χ0) is 18.9. The summed E-state index contributed by atoms with van der Waals surface area (Å²) in [5.41, 5.74) is 0. The fourth-order valence-corrected chi connectivity index (χ4v) is 5.87. The predicted molar refractivity (Wildman–Crippen MR) is 99.6 cm³/mol. The molecule has 26 heavy (non-hydrogen) atoms. The van der Waals surface area contributed by atoms with Gasteiger partial charge in [-0.2, -0.15) is 4.31 Å². The number of hydrogen-bond acceptors (Lipinski definition) is 5. The Morgan fingerprint density at radius 3 is 2.31 bits per heavy atom. The van der Waals surface area contributed by atoms with Gasteiger partial charge < -0.3 is 9.80 Å². The molecular weight excluding hydrogens is 398 g/mol. The van der Waals surface area contributed by atoms with E-state index in [1.165, 1.54) is 19.2 Å². The van der Waals surface area contributed by atoms with Crippen molar-refractivity contribution in [3.05, 3.63) is 16.5 Å². The van der Waals surface area contributed by atoms with Gasteiger partial charge in [0.1, 0.15) is 4.21 Å². The number of amides is 2. The van der Waals surface area contributed by atoms with Crippen molar-refractivity contribution in [2.24, 2.45) is 5.92 Å². The number of thiophene rings is 1. The zero-order valence-corrected chi connectivity index (χ0v) is 16.9. The molecule has 0 radical (unpaired) electrons. The van der Waals surface area contributed by atoms with Crippen molar-refractivity contribution >= 4 is 44.8 Å². The number of nitrogens with zero attached hydrogens (tertiary/aromatic N) is 3. The SMILES string of the molecule is CN(CC(=O)N1CCN(C(=O)C2CCC2)CC1)S(=O)(=O)c1ccc(Cl)s1. The molecule has 1 aromatic rings. The number of carbonyl (C=O) groups is 2. The number of rotatable bonds is 5. The molecule has 1 aliphatic carbocycles. The molecule has 0 unspecified atom stereocenters. The van der Waals surface area contributed by atoms with E-state index in [0.717, 1.165) is 34.9 Å². The van der Waals surface area contributed by atoms with Crippen molar-refractivity contribution < 1.29 is 18.0 Å². The monoisotopic (exact) mass is 419 g/mol. The minimum Gasteiger partial charge on any atom is -0.339 e. The lowest BCUT2D eigenvalue weighted by Gasteiger charge is -2.38. The first-order chi connectivity index (χ1) is 12.3. The average Bonchev–Trinajstić information content (AvgIpc) is 3.00. The van der Waals surface area contributed by atoms with Crippen LogP contribution in [0.25, 0.3) is 0 Å². The van der Waals surface area contributed by atoms with Crippen LogP contribution in [0.2, 0.25) is 4.34 Å². The maximum atomic E-state index is 12.5. The number of carbonyl (C=O) groups excluding carboxylic acids is 2. The molecule has 2 aliphatic rings. The summed E-state index contributed by atoms with van der Waals surface area (Å²) in [5, 5.41) is 0. The molecule has 7 nitrogen and oxygen atoms in total. The van der Waals surface area contributed by atoms with E-state index in [9.17, 15) is 18.0 Å². The summed E-state index contributed by atoms with van der Waals surface area (Å²) in [6.07, 6.45) is 3.05. The summed E-state index contributed by atoms with van der Waals surface area (Å²) in [7, 11) is -2.34. The van der Waals surface area contributed by atoms with E-state index in [0.29, 0.717) is 30.5 Å². The topological polar surface area (TPSA) is 78.0 Å². The Bertz CT molecular complexity index is 783. The van der Waals surface area contributed by atoms with E-state index >= 15 is 0 Å². The lowest BCUT2D eigenvalue weighted by molar-refractivity contribution is -0.144. The number of sulfonamides is 1. The van der Waals surface area contributed by atoms with Crippen LogP contribution in [0.1, 0.15) is 19.3 Å². The molecule has 1 aromatic heterocycles. The van der Waals surface area contributed by atoms with Crippen LogP contribution in [0.3, 0.4) is 0 Å². The molecule has 0 bridgehead atoms. The highest BCUT2D eigenvalue weighted by Gasteiger charge is 2.33. The van der Waals surface area contributed by atoms with Crippen LogP contribution in [0.4, 0.5) is 0 Å². The maximum absolute atomic E-state index is 12.5. The molecule has 1 saturated carbocycles. The van der Waals surface area contributed by atoms with Gasteiger partial charge in [-0.15, -0.1) is 11.3 Å². The van der Waals surface area contributed by atoms with Gasteiger partial charge in [-0.25, -0.2) is 8.42 Å². The van der Waals surface area contributed by atoms with Gasteiger partial charge in [0.2, 0.25) is 11.8 Å². The molecule has 144 valence electrons. The molecule has 2 fully saturated rings. The number of hydrogen-bond donors (Lipinski definition) is 0. The highest BCUT2D eigenvalue weighted by molar-refractivity contribution is 7.91. The lowest BCUT2D eigenvalue weighted by atomic mass is 9.84. The third kappa shape index (κ3) is 4.05. The molecule has 2 amide bonds. The molecule has 3 rings (SSSR count). The minimum atomic E-state index is -3.73. The van der Waals surface area contributed by atoms with Gasteiger partial charge in [0.15, 0.2) is 0 Å². The molecule has 1 saturated heterocycles. The smallest absolute Gasteiger partial charge is 0.252 e. The highest BCUT2D eigenvalue weighted by Crippen LogP contribution is 2.29. The van der Waals surface area contributed by atoms with Crippen molar-refractivity contribution in [2.75, 3.05) is 39.8 Å². The highest BCUT2D eigenvalue weighted by atomic mass is 35.5. The fourth-order valence-electron chi connectivity index (χ4n) is 3.06. The van der Waals surface area contributed by atoms with E-state index in [2.05, 4.69) is 0 Å². The van der Waals surface area contributed by atoms with Crippen molar-refractivity contribution in [3.8, 4) is 0 Å². The molecule has 0 N–H and O–H groups in total. The molecule has 10 heteroatoms. The second-order valence-electron chi connectivity index (χ2n) is 6.65. The average molecular weight is 420 g/mol. The van der Waals surface area contributed by atoms with E-state index in [1.54, 1.807) is 4.90 Å². The van der Waals surface area contributed by atoms with Crippen LogP contribution in [-0.4, -0.2) is 74.1 Å². The Kier molecular flexibility index (Phi) is 5.91. The molecule has 0 spiro atoms. The van der Waals surface area contributed by atoms with E-state index < -0.39 is 10.0 Å². The summed E-state index contributed by atoms with van der Waals surface area (Å²) < 4.78 is 26.5. The molecule has 2 heterocycles. The fraction of sp³-hybridized carbons (Fsp3) is 0.625. The van der Waals surface area contributed by atoms with E-state index in [1.807, 2.05) is 4.90 Å². The van der Waals surface area contributed by atoms with Crippen molar-refractivity contribution in [3.63, 3.8) is 0 Å². The molecule has 0 aromatic carbocycles. The minimum absolute atomic E-state index is 0.119. The van der Waals surface area contributed by atoms with Crippen LogP contribution in [0, 0.1) is 5.92 Å². The lowest BCUT2D eigenvalue weighted by Crippen LogP contribution is -2.54. The largest absolute Gasteiger partial charge is 0.339 e. The Morgan fingerprint density at radius 2 is 1.81 bits per heavy atom. The Morgan fingerprint density at radius 1 is 1.19 bits per heavy atom. The van der Waals surface area contributed by atoms with Gasteiger partial charge in [-0.05, 0) is 25.0 Å². The van der Waals surface area contributed by atoms with Crippen molar-refractivity contribution in [1.82, 2.24) is 14.1 Å². The van der Waals surface area contributed by atoms with Crippen molar-refractivity contribution in [2.45, 2.75) is 23.5 Å². The standard InChI is InChI=1S/C16H22ClN3O4S2/c1-18(26(23,24)15-6-5-13(17)25-15)11-14(21)19-7-9-20(10-8-19)16(22)12-3-2-4-12/h5-6,12H,2-4,7-11H2,1H3. The van der Waals surface area contributed by atoms with Crippen LogP contribution < -0.4 is 0 Å². The van der Waals surface area contributed by atoms with Crippen LogP contribution in [-0.2, 0) is 19.6 Å². The first-order valence-electron chi connectivity index (χ1n) is 8.57. The maximum Gasteiger partial charge on any atom is 0.252 e. The van der Waals surface area contributed by atoms with Crippen LogP contribution in [0.5, 0.6) is 0 Å². The Labute approximate surface area is 162 Å². The summed E-state index contributed by atoms with van der Waals surface area (Å²) >= 11 is 6.77. The zero-order valence-electron chi connectivity index (χ0n) is 14.6. The molecule has 0 atom stereocenters. The van der Waals surface area contributed by atoms with Gasteiger partial charge in [0, 0.05) is 39.1 Å². The van der Waals surface area contributed by atoms with Gasteiger partial charge in [-0.3, -0.25) is 9.59 Å². The third-order valence-electron chi connectivity index (χ3n) is 4.97. The first kappa shape index (κ1) is 19.6. The normalized spacial score (nSPS) is 18.9. The molecular formula is C16H22ClN3O4S2. The van der Waals surface area contributed by atoms with Gasteiger partial charge in [0.05, 0.1) is 10.9 Å². The quantitative estimate of drug-likeness (QED) is 0.724. The number of likely N-dealkylation sites (N-methyl/N-ethyl adjacent to an activating group) is 1. The predicted octanol–water partition coefficient (Wildman–Crippen LogP) is 1.49. The summed E-state index contributed by atoms with van der Waals surface area (Å²) in [4.78, 5) is 28.2. The van der Waals surface area contributed by atoms with Gasteiger partial charge >= 0.3 is 0 Å². The first-order valence-corrected chi connectivity index (χ1v) is 11.2. The van der Waals surface area contributed by atoms with Crippen LogP contribution in [0.15, 0.2) is 16.3 Å². The number of piperazine rings is 1. The van der Waals surface area contributed by atoms with E-state index in [4.69, 9.17) is 11.6 Å². The van der Waals surface area contributed by atoms with Crippen LogP contribution >= 0.6 is 22.9 Å². The summed E-state index contributed by atoms with van der Waals surface area (Å²) in [5.74, 6) is 0.0956. The second-order valence-corrected chi connectivity index (χ2v) is 10.6. The van der Waals surface area contributed by atoms with Gasteiger partial charge in [-0.1, -0.05) is 18.0 Å². The Balaban J connectivity index is 1.53. The van der Waals surface area contributed by atoms with E-state index in [-0.39, 0.29) is 28.5 Å². The third-order valence-corrected chi connectivity index (χ3v) is 8.47. The van der Waals surface area contributed by atoms with Gasteiger partial charge in [0.25, 0.3) is 10.0 Å². The number of halogens is 1. The Hall–Kier alpha value is -1.16. The molecule has 1 aliphatic heterocycles. The second kappa shape index (κ2) is 7.84. The summed E-state index contributed by atoms with van der Waals surface area (Å²) in [6, 6.07) is 2.96. The van der Waals surface area contributed by atoms with Crippen molar-refractivity contribution in [1.29, 1.82) is 0 Å².